The van der Waals surface area contributed by atoms with E-state index in [1.807, 2.05) is 5.44 Å². The van der Waals surface area contributed by atoms with Crippen LogP contribution in [0.1, 0.15) is 155 Å². The molecule has 0 radical (unpaired) electrons. The van der Waals surface area contributed by atoms with Crippen molar-refractivity contribution in [2.75, 3.05) is 34.2 Å². The van der Waals surface area contributed by atoms with Gasteiger partial charge in [-0.15, -0.1) is 0 Å². The standard InChI is InChI=1S/C33H66N2P.C4HF9O3S/c1-6-8-10-12-14-22-28-34(29-23-15-13-11-9-7-2)33(30-35(3,4)5)36(31-24-18-16-19-25-31)32-26-20-17-21-27-32;5-1(6,3(9,10)11)2(7,8)4(12,13)17(14,15)16/h30-32H,6-29H2,1-5H3;(H,14,15,16)/q+1;. The highest BCUT2D eigenvalue weighted by atomic mass is 32.2. The molecule has 0 saturated heterocycles. The Morgan fingerprint density at radius 2 is 1.00 bits per heavy atom. The molecule has 1 N–H and O–H groups in total. The molecule has 2 fully saturated rings. The smallest absolute Gasteiger partial charge is 0.367 e. The molecule has 2 saturated carbocycles. The van der Waals surface area contributed by atoms with E-state index in [1.54, 1.807) is 0 Å². The summed E-state index contributed by atoms with van der Waals surface area (Å²) < 4.78 is 135. The summed E-state index contributed by atoms with van der Waals surface area (Å²) in [6, 6.07) is 0. The van der Waals surface area contributed by atoms with Gasteiger partial charge < -0.3 is 9.38 Å². The monoisotopic (exact) mass is 821 g/mol. The topological polar surface area (TPSA) is 57.6 Å². The minimum Gasteiger partial charge on any atom is -0.367 e. The average Bonchev–Trinajstić information content (AvgIpc) is 3.06. The van der Waals surface area contributed by atoms with Crippen LogP contribution in [0.25, 0.3) is 0 Å². The molecule has 0 spiro atoms. The molecule has 16 heteroatoms. The molecule has 0 heterocycles. The maximum Gasteiger partial charge on any atom is 0.460 e. The van der Waals surface area contributed by atoms with Crippen molar-refractivity contribution in [1.29, 1.82) is 0 Å². The zero-order valence-electron chi connectivity index (χ0n) is 32.6. The van der Waals surface area contributed by atoms with Crippen LogP contribution in [0.5, 0.6) is 0 Å². The lowest BCUT2D eigenvalue weighted by molar-refractivity contribution is -0.817. The van der Waals surface area contributed by atoms with E-state index in [-0.39, 0.29) is 7.92 Å². The van der Waals surface area contributed by atoms with Crippen LogP contribution in [0, 0.1) is 0 Å². The number of hydrogen-bond acceptors (Lipinski definition) is 3. The van der Waals surface area contributed by atoms with E-state index in [2.05, 4.69) is 46.1 Å². The van der Waals surface area contributed by atoms with Crippen molar-refractivity contribution in [2.45, 2.75) is 190 Å². The van der Waals surface area contributed by atoms with Gasteiger partial charge in [-0.1, -0.05) is 117 Å². The molecule has 2 aliphatic rings. The number of quaternary nitrogens is 1. The quantitative estimate of drug-likeness (QED) is 0.0389. The van der Waals surface area contributed by atoms with E-state index in [4.69, 9.17) is 4.55 Å². The summed E-state index contributed by atoms with van der Waals surface area (Å²) in [6.45, 7) is 7.29. The number of unbranched alkanes of at least 4 members (excludes halogenated alkanes) is 10. The van der Waals surface area contributed by atoms with E-state index in [1.165, 1.54) is 154 Å². The molecular weight excluding hydrogens is 754 g/mol. The van der Waals surface area contributed by atoms with Crippen LogP contribution < -0.4 is 0 Å². The molecular formula is C37H67F9N2O3PS+. The maximum absolute atomic E-state index is 12.2. The highest BCUT2D eigenvalue weighted by Crippen LogP contribution is 2.62. The van der Waals surface area contributed by atoms with E-state index in [0.717, 1.165) is 15.8 Å². The van der Waals surface area contributed by atoms with Gasteiger partial charge in [-0.05, 0) is 57.8 Å². The molecule has 0 bridgehead atoms. The van der Waals surface area contributed by atoms with Gasteiger partial charge in [0.1, 0.15) is 6.20 Å². The van der Waals surface area contributed by atoms with Crippen molar-refractivity contribution in [2.24, 2.45) is 0 Å². The molecule has 2 rings (SSSR count). The Labute approximate surface area is 315 Å². The van der Waals surface area contributed by atoms with Crippen LogP contribution in [0.4, 0.5) is 39.5 Å². The summed E-state index contributed by atoms with van der Waals surface area (Å²) in [5.41, 5.74) is 3.83. The SMILES string of the molecule is CCCCCCCCN(CCCCCCCC)C(=C[N+](C)(C)C)P(C1CCCCC1)C1CCCCC1.O=S(=O)(O)C(F)(F)C(F)(F)C(F)(F)C(F)(F)F. The van der Waals surface area contributed by atoms with Crippen LogP contribution in [0.15, 0.2) is 11.6 Å². The fraction of sp³-hybridized carbons (Fsp3) is 0.946. The molecule has 0 aromatic carbocycles. The molecule has 0 atom stereocenters. The minimum absolute atomic E-state index is 0.0531. The van der Waals surface area contributed by atoms with Crippen LogP contribution in [0.3, 0.4) is 0 Å². The molecule has 0 aliphatic heterocycles. The van der Waals surface area contributed by atoms with Gasteiger partial charge in [0.25, 0.3) is 0 Å². The third kappa shape index (κ3) is 15.9. The van der Waals surface area contributed by atoms with Gasteiger partial charge in [0.15, 0.2) is 0 Å². The first-order chi connectivity index (χ1) is 24.5. The number of alkyl halides is 9. The molecule has 0 amide bonds. The first-order valence-electron chi connectivity index (χ1n) is 19.7. The number of hydrogen-bond donors (Lipinski definition) is 1. The summed E-state index contributed by atoms with van der Waals surface area (Å²) in [6.07, 6.45) is 27.5. The van der Waals surface area contributed by atoms with Crippen LogP contribution in [-0.2, 0) is 10.1 Å². The van der Waals surface area contributed by atoms with E-state index < -0.39 is 33.4 Å². The molecule has 0 unspecified atom stereocenters. The third-order valence-corrected chi connectivity index (χ3v) is 14.5. The Morgan fingerprint density at radius 1 is 0.642 bits per heavy atom. The Bertz CT molecular complexity index is 1120. The van der Waals surface area contributed by atoms with Crippen LogP contribution in [0.2, 0.25) is 0 Å². The lowest BCUT2D eigenvalue weighted by atomic mass is 9.99. The molecule has 0 aromatic rings. The summed E-state index contributed by atoms with van der Waals surface area (Å²) >= 11 is 0. The highest BCUT2D eigenvalue weighted by molar-refractivity contribution is 7.87. The first kappa shape index (κ1) is 50.2. The Hall–Kier alpha value is -0.790. The van der Waals surface area contributed by atoms with Gasteiger partial charge in [-0.3, -0.25) is 4.55 Å². The molecule has 53 heavy (non-hydrogen) atoms. The largest absolute Gasteiger partial charge is 0.460 e. The van der Waals surface area contributed by atoms with Gasteiger partial charge in [0.2, 0.25) is 0 Å². The third-order valence-electron chi connectivity index (χ3n) is 10.0. The van der Waals surface area contributed by atoms with Gasteiger partial charge in [-0.25, -0.2) is 0 Å². The lowest BCUT2D eigenvalue weighted by Crippen LogP contribution is -2.63. The normalized spacial score (nSPS) is 17.9. The Morgan fingerprint density at radius 3 is 1.32 bits per heavy atom. The van der Waals surface area contributed by atoms with Crippen LogP contribution in [-0.4, -0.2) is 91.2 Å². The van der Waals surface area contributed by atoms with E-state index >= 15 is 0 Å². The van der Waals surface area contributed by atoms with Crippen LogP contribution >= 0.6 is 7.92 Å². The Balaban J connectivity index is 0.000000695. The lowest BCUT2D eigenvalue weighted by Gasteiger charge is -2.44. The number of rotatable bonds is 22. The van der Waals surface area contributed by atoms with Gasteiger partial charge in [0.05, 0.1) is 26.6 Å². The molecule has 5 nitrogen and oxygen atoms in total. The fourth-order valence-electron chi connectivity index (χ4n) is 7.08. The number of halogens is 9. The molecule has 2 aliphatic carbocycles. The molecule has 0 aromatic heterocycles. The second-order valence-corrected chi connectivity index (χ2v) is 20.0. The van der Waals surface area contributed by atoms with E-state index in [9.17, 15) is 47.9 Å². The molecule has 316 valence electrons. The Kier molecular flexibility index (Phi) is 21.6. The fourth-order valence-corrected chi connectivity index (χ4v) is 11.7. The minimum atomic E-state index is -7.37. The van der Waals surface area contributed by atoms with E-state index in [0.29, 0.717) is 0 Å². The predicted octanol–water partition coefficient (Wildman–Crippen LogP) is 13.0. The second-order valence-electron chi connectivity index (χ2n) is 15.8. The average molecular weight is 822 g/mol. The summed E-state index contributed by atoms with van der Waals surface area (Å²) in [5.74, 6) is -14.7. The zero-order chi connectivity index (χ0) is 40.6. The summed E-state index contributed by atoms with van der Waals surface area (Å²) in [4.78, 5) is 2.98. The van der Waals surface area contributed by atoms with Crippen molar-refractivity contribution in [3.63, 3.8) is 0 Å². The van der Waals surface area contributed by atoms with Crippen molar-refractivity contribution < 1.29 is 57.0 Å². The first-order valence-corrected chi connectivity index (χ1v) is 22.6. The predicted molar refractivity (Wildman–Crippen MR) is 198 cm³/mol. The summed E-state index contributed by atoms with van der Waals surface area (Å²) in [5, 5.41) is -7.00. The van der Waals surface area contributed by atoms with Gasteiger partial charge in [-0.2, -0.15) is 47.9 Å². The maximum atomic E-state index is 12.2. The van der Waals surface area contributed by atoms with Crippen molar-refractivity contribution in [3.8, 4) is 0 Å². The van der Waals surface area contributed by atoms with Crippen molar-refractivity contribution in [1.82, 2.24) is 4.90 Å². The van der Waals surface area contributed by atoms with Gasteiger partial charge >= 0.3 is 33.4 Å². The second kappa shape index (κ2) is 22.8. The van der Waals surface area contributed by atoms with Gasteiger partial charge in [0, 0.05) is 13.1 Å². The number of nitrogens with zero attached hydrogens (tertiary/aromatic N) is 2. The van der Waals surface area contributed by atoms with Crippen molar-refractivity contribution >= 4 is 18.0 Å². The zero-order valence-corrected chi connectivity index (χ0v) is 34.3. The summed E-state index contributed by atoms with van der Waals surface area (Å²) in [7, 11) is -0.00282. The van der Waals surface area contributed by atoms with Crippen molar-refractivity contribution in [3.05, 3.63) is 11.6 Å². The highest BCUT2D eigenvalue weighted by Gasteiger charge is 2.85.